The lowest BCUT2D eigenvalue weighted by Gasteiger charge is -2.10. The van der Waals surface area contributed by atoms with E-state index in [-0.39, 0.29) is 5.75 Å². The first-order chi connectivity index (χ1) is 11.9. The summed E-state index contributed by atoms with van der Waals surface area (Å²) < 4.78 is 40.3. The summed E-state index contributed by atoms with van der Waals surface area (Å²) in [5.41, 5.74) is 1.94. The normalized spacial score (nSPS) is 11.2. The molecule has 2 aromatic heterocycles. The van der Waals surface area contributed by atoms with Gasteiger partial charge in [-0.1, -0.05) is 11.6 Å². The molecule has 2 heterocycles. The van der Waals surface area contributed by atoms with Crippen LogP contribution in [-0.2, 0) is 0 Å². The molecule has 5 nitrogen and oxygen atoms in total. The van der Waals surface area contributed by atoms with Gasteiger partial charge in [0.25, 0.3) is 0 Å². The standard InChI is InChI=1S/C16H10ClF3N4O/c17-14-7-10(5-6-21-14)13-8-15(23-9-22-13)24-11-1-3-12(4-2-11)25-16(18,19)20/h1-9H,(H,22,23,24). The summed E-state index contributed by atoms with van der Waals surface area (Å²) in [6.07, 6.45) is -1.79. The molecule has 0 atom stereocenters. The Hall–Kier alpha value is -2.87. The highest BCUT2D eigenvalue weighted by atomic mass is 35.5. The lowest BCUT2D eigenvalue weighted by atomic mass is 10.2. The second kappa shape index (κ2) is 6.94. The van der Waals surface area contributed by atoms with E-state index in [1.54, 1.807) is 24.4 Å². The van der Waals surface area contributed by atoms with Crippen LogP contribution in [0.25, 0.3) is 11.3 Å². The van der Waals surface area contributed by atoms with E-state index in [0.29, 0.717) is 22.4 Å². The molecule has 0 amide bonds. The molecular weight excluding hydrogens is 357 g/mol. The molecule has 3 rings (SSSR count). The molecular formula is C16H10ClF3N4O. The molecule has 0 aliphatic heterocycles. The molecule has 0 bridgehead atoms. The van der Waals surface area contributed by atoms with Crippen LogP contribution in [0.15, 0.2) is 55.0 Å². The fraction of sp³-hybridized carbons (Fsp3) is 0.0625. The summed E-state index contributed by atoms with van der Waals surface area (Å²) in [4.78, 5) is 12.2. The van der Waals surface area contributed by atoms with Crippen LogP contribution in [0.3, 0.4) is 0 Å². The number of benzene rings is 1. The van der Waals surface area contributed by atoms with Gasteiger partial charge in [0.15, 0.2) is 0 Å². The zero-order valence-electron chi connectivity index (χ0n) is 12.5. The van der Waals surface area contributed by atoms with Gasteiger partial charge in [0.1, 0.15) is 23.0 Å². The SMILES string of the molecule is FC(F)(F)Oc1ccc(Nc2cc(-c3ccnc(Cl)c3)ncn2)cc1. The molecule has 1 aromatic carbocycles. The predicted octanol–water partition coefficient (Wildman–Crippen LogP) is 4.83. The third-order valence-corrected chi connectivity index (χ3v) is 3.26. The summed E-state index contributed by atoms with van der Waals surface area (Å²) in [7, 11) is 0. The van der Waals surface area contributed by atoms with Crippen molar-refractivity contribution in [3.63, 3.8) is 0 Å². The number of hydrogen-bond acceptors (Lipinski definition) is 5. The van der Waals surface area contributed by atoms with Gasteiger partial charge in [-0.2, -0.15) is 0 Å². The molecule has 0 aliphatic rings. The summed E-state index contributed by atoms with van der Waals surface area (Å²) in [6, 6.07) is 10.4. The van der Waals surface area contributed by atoms with E-state index in [1.165, 1.54) is 30.6 Å². The fourth-order valence-electron chi connectivity index (χ4n) is 2.03. The molecule has 1 N–H and O–H groups in total. The van der Waals surface area contributed by atoms with Gasteiger partial charge >= 0.3 is 6.36 Å². The zero-order chi connectivity index (χ0) is 17.9. The summed E-state index contributed by atoms with van der Waals surface area (Å²) in [6.45, 7) is 0. The minimum atomic E-state index is -4.72. The van der Waals surface area contributed by atoms with Crippen LogP contribution in [0.1, 0.15) is 0 Å². The number of pyridine rings is 1. The van der Waals surface area contributed by atoms with Crippen molar-refractivity contribution < 1.29 is 17.9 Å². The number of nitrogens with one attached hydrogen (secondary N) is 1. The molecule has 0 spiro atoms. The van der Waals surface area contributed by atoms with Crippen LogP contribution in [0.2, 0.25) is 5.15 Å². The van der Waals surface area contributed by atoms with Crippen LogP contribution in [-0.4, -0.2) is 21.3 Å². The maximum atomic E-state index is 12.2. The van der Waals surface area contributed by atoms with Gasteiger partial charge in [-0.05, 0) is 36.4 Å². The zero-order valence-corrected chi connectivity index (χ0v) is 13.2. The van der Waals surface area contributed by atoms with Crippen molar-refractivity contribution >= 4 is 23.1 Å². The maximum absolute atomic E-state index is 12.2. The third kappa shape index (κ3) is 4.80. The smallest absolute Gasteiger partial charge is 0.406 e. The van der Waals surface area contributed by atoms with Gasteiger partial charge in [0.2, 0.25) is 0 Å². The van der Waals surface area contributed by atoms with E-state index in [0.717, 1.165) is 5.56 Å². The molecule has 0 fully saturated rings. The molecule has 0 radical (unpaired) electrons. The number of ether oxygens (including phenoxy) is 1. The first-order valence-electron chi connectivity index (χ1n) is 6.96. The maximum Gasteiger partial charge on any atom is 0.573 e. The Morgan fingerprint density at radius 1 is 0.960 bits per heavy atom. The Morgan fingerprint density at radius 2 is 1.72 bits per heavy atom. The van der Waals surface area contributed by atoms with Gasteiger partial charge in [0.05, 0.1) is 5.69 Å². The number of halogens is 4. The van der Waals surface area contributed by atoms with Gasteiger partial charge < -0.3 is 10.1 Å². The molecule has 128 valence electrons. The van der Waals surface area contributed by atoms with Crippen molar-refractivity contribution in [1.82, 2.24) is 15.0 Å². The van der Waals surface area contributed by atoms with Crippen molar-refractivity contribution in [2.24, 2.45) is 0 Å². The molecule has 0 unspecified atom stereocenters. The van der Waals surface area contributed by atoms with Crippen LogP contribution >= 0.6 is 11.6 Å². The van der Waals surface area contributed by atoms with Crippen molar-refractivity contribution in [2.75, 3.05) is 5.32 Å². The molecule has 0 aliphatic carbocycles. The average Bonchev–Trinajstić information content (AvgIpc) is 2.56. The number of rotatable bonds is 4. The minimum absolute atomic E-state index is 0.298. The van der Waals surface area contributed by atoms with Gasteiger partial charge in [-0.3, -0.25) is 0 Å². The molecule has 0 saturated carbocycles. The van der Waals surface area contributed by atoms with Crippen molar-refractivity contribution in [3.8, 4) is 17.0 Å². The topological polar surface area (TPSA) is 59.9 Å². The molecule has 25 heavy (non-hydrogen) atoms. The Labute approximate surface area is 145 Å². The number of nitrogens with zero attached hydrogens (tertiary/aromatic N) is 3. The highest BCUT2D eigenvalue weighted by Gasteiger charge is 2.30. The minimum Gasteiger partial charge on any atom is -0.406 e. The van der Waals surface area contributed by atoms with E-state index < -0.39 is 6.36 Å². The van der Waals surface area contributed by atoms with Crippen LogP contribution in [0.5, 0.6) is 5.75 Å². The fourth-order valence-corrected chi connectivity index (χ4v) is 2.21. The highest BCUT2D eigenvalue weighted by Crippen LogP contribution is 2.26. The number of alkyl halides is 3. The second-order valence-corrected chi connectivity index (χ2v) is 5.24. The highest BCUT2D eigenvalue weighted by molar-refractivity contribution is 6.29. The average molecular weight is 367 g/mol. The third-order valence-electron chi connectivity index (χ3n) is 3.05. The van der Waals surface area contributed by atoms with Crippen molar-refractivity contribution in [1.29, 1.82) is 0 Å². The summed E-state index contributed by atoms with van der Waals surface area (Å²) >= 11 is 5.86. The Balaban J connectivity index is 1.76. The first kappa shape index (κ1) is 17.0. The number of aromatic nitrogens is 3. The monoisotopic (exact) mass is 366 g/mol. The number of hydrogen-bond donors (Lipinski definition) is 1. The van der Waals surface area contributed by atoms with E-state index in [4.69, 9.17) is 11.6 Å². The van der Waals surface area contributed by atoms with E-state index in [9.17, 15) is 13.2 Å². The lowest BCUT2D eigenvalue weighted by Crippen LogP contribution is -2.16. The van der Waals surface area contributed by atoms with Crippen LogP contribution < -0.4 is 10.1 Å². The quantitative estimate of drug-likeness (QED) is 0.670. The van der Waals surface area contributed by atoms with Gasteiger partial charge in [-0.15, -0.1) is 13.2 Å². The number of anilines is 2. The Morgan fingerprint density at radius 3 is 2.40 bits per heavy atom. The largest absolute Gasteiger partial charge is 0.573 e. The van der Waals surface area contributed by atoms with Crippen molar-refractivity contribution in [3.05, 3.63) is 60.1 Å². The lowest BCUT2D eigenvalue weighted by molar-refractivity contribution is -0.274. The van der Waals surface area contributed by atoms with Crippen molar-refractivity contribution in [2.45, 2.75) is 6.36 Å². The molecule has 9 heteroatoms. The van der Waals surface area contributed by atoms with Gasteiger partial charge in [-0.25, -0.2) is 15.0 Å². The Kier molecular flexibility index (Phi) is 4.71. The second-order valence-electron chi connectivity index (χ2n) is 4.85. The molecule has 3 aromatic rings. The van der Waals surface area contributed by atoms with Gasteiger partial charge in [0, 0.05) is 23.5 Å². The summed E-state index contributed by atoms with van der Waals surface area (Å²) in [5.74, 6) is 0.176. The van der Waals surface area contributed by atoms with E-state index >= 15 is 0 Å². The molecule has 0 saturated heterocycles. The van der Waals surface area contributed by atoms with E-state index in [2.05, 4.69) is 25.0 Å². The summed E-state index contributed by atoms with van der Waals surface area (Å²) in [5, 5.41) is 3.32. The van der Waals surface area contributed by atoms with Crippen LogP contribution in [0, 0.1) is 0 Å². The van der Waals surface area contributed by atoms with Crippen LogP contribution in [0.4, 0.5) is 24.7 Å². The van der Waals surface area contributed by atoms with E-state index in [1.807, 2.05) is 0 Å². The Bertz CT molecular complexity index is 872. The predicted molar refractivity (Wildman–Crippen MR) is 86.7 cm³/mol. The first-order valence-corrected chi connectivity index (χ1v) is 7.34.